The number of ether oxygens (including phenoxy) is 3. The SMILES string of the molecule is C[C@](O)(CC(=O)O)CC(=O)OC[C@H]1O[C@@H](Oc2c(O)cc3oc(-c4ccc(O)c(O)c4)cc(=O)c3c2O)[C@H](O)[C@@H](O)[C@@H]1O. The van der Waals surface area contributed by atoms with Crippen LogP contribution in [0.15, 0.2) is 39.5 Å². The second-order valence-electron chi connectivity index (χ2n) is 10.2. The number of aliphatic carboxylic acids is 1. The first kappa shape index (κ1) is 31.3. The Morgan fingerprint density at radius 1 is 0.930 bits per heavy atom. The number of carboxylic acid groups (broad SMARTS) is 1. The number of carbonyl (C=O) groups excluding carboxylic acids is 1. The zero-order valence-corrected chi connectivity index (χ0v) is 22.3. The minimum atomic E-state index is -1.98. The monoisotopic (exact) mass is 608 g/mol. The van der Waals surface area contributed by atoms with E-state index in [0.29, 0.717) is 0 Å². The van der Waals surface area contributed by atoms with E-state index in [1.807, 2.05) is 0 Å². The number of benzene rings is 2. The fourth-order valence-electron chi connectivity index (χ4n) is 4.40. The molecule has 0 radical (unpaired) electrons. The molecule has 16 heteroatoms. The maximum Gasteiger partial charge on any atom is 0.308 e. The van der Waals surface area contributed by atoms with Crippen LogP contribution in [0.4, 0.5) is 0 Å². The third kappa shape index (κ3) is 6.73. The van der Waals surface area contributed by atoms with Crippen LogP contribution in [-0.4, -0.2) is 101 Å². The summed E-state index contributed by atoms with van der Waals surface area (Å²) in [7, 11) is 0. The van der Waals surface area contributed by atoms with Crippen LogP contribution in [0.2, 0.25) is 0 Å². The normalized spacial score (nSPS) is 23.4. The molecule has 4 rings (SSSR count). The molecule has 3 aromatic rings. The highest BCUT2D eigenvalue weighted by Gasteiger charge is 2.46. The summed E-state index contributed by atoms with van der Waals surface area (Å²) in [5.41, 5.74) is -2.91. The Labute approximate surface area is 240 Å². The van der Waals surface area contributed by atoms with Crippen LogP contribution in [0.5, 0.6) is 28.7 Å². The van der Waals surface area contributed by atoms with Gasteiger partial charge in [-0.3, -0.25) is 14.4 Å². The molecule has 0 bridgehead atoms. The van der Waals surface area contributed by atoms with Crippen LogP contribution in [0.3, 0.4) is 0 Å². The third-order valence-electron chi connectivity index (χ3n) is 6.56. The molecule has 0 unspecified atom stereocenters. The van der Waals surface area contributed by atoms with Gasteiger partial charge in [0, 0.05) is 17.7 Å². The molecule has 43 heavy (non-hydrogen) atoms. The number of hydrogen-bond donors (Lipinski definition) is 9. The Bertz CT molecular complexity index is 1590. The number of fused-ring (bicyclic) bond motifs is 1. The van der Waals surface area contributed by atoms with Gasteiger partial charge < -0.3 is 64.6 Å². The zero-order chi connectivity index (χ0) is 31.8. The highest BCUT2D eigenvalue weighted by atomic mass is 16.7. The van der Waals surface area contributed by atoms with Gasteiger partial charge in [0.05, 0.1) is 18.4 Å². The molecule has 0 aliphatic carbocycles. The number of phenols is 4. The number of phenolic OH excluding ortho intramolecular Hbond substituents is 4. The van der Waals surface area contributed by atoms with E-state index >= 15 is 0 Å². The van der Waals surface area contributed by atoms with E-state index in [1.165, 1.54) is 6.07 Å². The molecule has 232 valence electrons. The van der Waals surface area contributed by atoms with Gasteiger partial charge in [-0.05, 0) is 25.1 Å². The van der Waals surface area contributed by atoms with Crippen molar-refractivity contribution in [2.45, 2.75) is 56.1 Å². The largest absolute Gasteiger partial charge is 0.504 e. The molecule has 1 saturated heterocycles. The second kappa shape index (κ2) is 11.9. The van der Waals surface area contributed by atoms with E-state index in [2.05, 4.69) is 0 Å². The smallest absolute Gasteiger partial charge is 0.308 e. The molecule has 6 atom stereocenters. The molecule has 16 nitrogen and oxygen atoms in total. The van der Waals surface area contributed by atoms with Gasteiger partial charge in [0.25, 0.3) is 0 Å². The topological polar surface area (TPSA) is 274 Å². The molecular formula is C27H28O16. The lowest BCUT2D eigenvalue weighted by molar-refractivity contribution is -0.279. The molecule has 1 aliphatic heterocycles. The van der Waals surface area contributed by atoms with Crippen molar-refractivity contribution in [2.24, 2.45) is 0 Å². The fraction of sp³-hybridized carbons (Fsp3) is 0.370. The minimum Gasteiger partial charge on any atom is -0.504 e. The third-order valence-corrected chi connectivity index (χ3v) is 6.56. The summed E-state index contributed by atoms with van der Waals surface area (Å²) in [6.07, 6.45) is -10.7. The Morgan fingerprint density at radius 3 is 2.28 bits per heavy atom. The number of aliphatic hydroxyl groups is 4. The Hall–Kier alpha value is -4.61. The fourth-order valence-corrected chi connectivity index (χ4v) is 4.40. The average molecular weight is 609 g/mol. The van der Waals surface area contributed by atoms with Gasteiger partial charge in [-0.1, -0.05) is 0 Å². The molecule has 0 amide bonds. The average Bonchev–Trinajstić information content (AvgIpc) is 2.90. The summed E-state index contributed by atoms with van der Waals surface area (Å²) < 4.78 is 21.3. The van der Waals surface area contributed by atoms with E-state index in [9.17, 15) is 55.2 Å². The molecule has 1 aliphatic rings. The number of carbonyl (C=O) groups is 2. The lowest BCUT2D eigenvalue weighted by Crippen LogP contribution is -2.60. The van der Waals surface area contributed by atoms with E-state index in [1.54, 1.807) is 0 Å². The van der Waals surface area contributed by atoms with Crippen LogP contribution in [0.25, 0.3) is 22.3 Å². The second-order valence-corrected chi connectivity index (χ2v) is 10.2. The van der Waals surface area contributed by atoms with Crippen molar-refractivity contribution >= 4 is 22.9 Å². The Morgan fingerprint density at radius 2 is 1.63 bits per heavy atom. The molecule has 1 aromatic heterocycles. The van der Waals surface area contributed by atoms with Crippen molar-refractivity contribution < 1.29 is 74.2 Å². The van der Waals surface area contributed by atoms with Crippen LogP contribution >= 0.6 is 0 Å². The quantitative estimate of drug-likeness (QED) is 0.111. The van der Waals surface area contributed by atoms with Gasteiger partial charge in [-0.15, -0.1) is 0 Å². The summed E-state index contributed by atoms with van der Waals surface area (Å²) in [4.78, 5) is 35.8. The van der Waals surface area contributed by atoms with Gasteiger partial charge in [-0.2, -0.15) is 0 Å². The Kier molecular flexibility index (Phi) is 8.70. The molecule has 1 fully saturated rings. The lowest BCUT2D eigenvalue weighted by atomic mass is 9.98. The number of hydrogen-bond acceptors (Lipinski definition) is 15. The van der Waals surface area contributed by atoms with Crippen molar-refractivity contribution in [3.05, 3.63) is 40.6 Å². The predicted octanol–water partition coefficient (Wildman–Crippen LogP) is -0.372. The molecular weight excluding hydrogens is 580 g/mol. The minimum absolute atomic E-state index is 0.0923. The summed E-state index contributed by atoms with van der Waals surface area (Å²) in [6.45, 7) is 0.349. The summed E-state index contributed by atoms with van der Waals surface area (Å²) in [6, 6.07) is 5.46. The van der Waals surface area contributed by atoms with Gasteiger partial charge in [0.1, 0.15) is 47.8 Å². The zero-order valence-electron chi connectivity index (χ0n) is 22.3. The van der Waals surface area contributed by atoms with Gasteiger partial charge in [-0.25, -0.2) is 0 Å². The van der Waals surface area contributed by atoms with Crippen molar-refractivity contribution in [1.29, 1.82) is 0 Å². The van der Waals surface area contributed by atoms with Crippen LogP contribution in [0.1, 0.15) is 19.8 Å². The molecule has 2 aromatic carbocycles. The van der Waals surface area contributed by atoms with Crippen molar-refractivity contribution in [1.82, 2.24) is 0 Å². The lowest BCUT2D eigenvalue weighted by Gasteiger charge is -2.40. The molecule has 2 heterocycles. The van der Waals surface area contributed by atoms with E-state index < -0.39 is 107 Å². The maximum absolute atomic E-state index is 12.9. The maximum atomic E-state index is 12.9. The van der Waals surface area contributed by atoms with E-state index in [-0.39, 0.29) is 16.9 Å². The highest BCUT2D eigenvalue weighted by molar-refractivity contribution is 5.89. The van der Waals surface area contributed by atoms with Crippen LogP contribution in [0, 0.1) is 0 Å². The van der Waals surface area contributed by atoms with Gasteiger partial charge in [0.15, 0.2) is 28.4 Å². The first-order valence-corrected chi connectivity index (χ1v) is 12.6. The number of carboxylic acids is 1. The summed E-state index contributed by atoms with van der Waals surface area (Å²) in [5.74, 6) is -5.96. The van der Waals surface area contributed by atoms with Gasteiger partial charge >= 0.3 is 11.9 Å². The standard InChI is InChI=1S/C27H28O16/c1-27(39,7-18(32)33)8-19(34)40-9-17-21(35)23(37)24(38)26(42-17)43-25-14(31)6-16-20(22(25)36)13(30)5-15(41-16)10-2-3-11(28)12(29)4-10/h2-6,17,21,23-24,26,28-29,31,35-39H,7-9H2,1H3,(H,32,33)/t17-,21-,23+,24-,26+,27+/m1/s1. The molecule has 0 spiro atoms. The number of aromatic hydroxyl groups is 4. The first-order valence-electron chi connectivity index (χ1n) is 12.6. The number of esters is 1. The van der Waals surface area contributed by atoms with Crippen molar-refractivity contribution in [2.75, 3.05) is 6.61 Å². The predicted molar refractivity (Wildman–Crippen MR) is 140 cm³/mol. The van der Waals surface area contributed by atoms with Gasteiger partial charge in [0.2, 0.25) is 12.0 Å². The van der Waals surface area contributed by atoms with Crippen LogP contribution < -0.4 is 10.2 Å². The van der Waals surface area contributed by atoms with Crippen molar-refractivity contribution in [3.8, 4) is 40.1 Å². The number of rotatable bonds is 9. The molecule has 9 N–H and O–H groups in total. The van der Waals surface area contributed by atoms with E-state index in [0.717, 1.165) is 31.2 Å². The highest BCUT2D eigenvalue weighted by Crippen LogP contribution is 2.43. The number of aliphatic hydroxyl groups excluding tert-OH is 3. The Balaban J connectivity index is 1.56. The first-order chi connectivity index (χ1) is 20.1. The van der Waals surface area contributed by atoms with Crippen LogP contribution in [-0.2, 0) is 19.1 Å². The summed E-state index contributed by atoms with van der Waals surface area (Å²) >= 11 is 0. The van der Waals surface area contributed by atoms with E-state index in [4.69, 9.17) is 23.7 Å². The summed E-state index contributed by atoms with van der Waals surface area (Å²) in [5, 5.41) is 90.0. The van der Waals surface area contributed by atoms with Crippen molar-refractivity contribution in [3.63, 3.8) is 0 Å². The molecule has 0 saturated carbocycles.